The summed E-state index contributed by atoms with van der Waals surface area (Å²) in [6.07, 6.45) is 0.961. The van der Waals surface area contributed by atoms with Gasteiger partial charge in [-0.3, -0.25) is 0 Å². The third kappa shape index (κ3) is 5.48. The molecule has 0 fully saturated rings. The maximum Gasteiger partial charge on any atom is 1.00 e. The summed E-state index contributed by atoms with van der Waals surface area (Å²) in [6.45, 7) is 5.42. The van der Waals surface area contributed by atoms with Gasteiger partial charge >= 0.3 is 29.6 Å². The third-order valence-corrected chi connectivity index (χ3v) is 2.42. The molecule has 1 aromatic rings. The van der Waals surface area contributed by atoms with E-state index < -0.39 is 0 Å². The van der Waals surface area contributed by atoms with E-state index in [1.165, 1.54) is 0 Å². The summed E-state index contributed by atoms with van der Waals surface area (Å²) in [5.41, 5.74) is 0. The number of anilines is 1. The van der Waals surface area contributed by atoms with Crippen LogP contribution < -0.4 is 39.2 Å². The van der Waals surface area contributed by atoms with E-state index in [9.17, 15) is 0 Å². The van der Waals surface area contributed by atoms with Crippen LogP contribution in [0.4, 0.5) is 5.82 Å². The van der Waals surface area contributed by atoms with Crippen LogP contribution in [-0.2, 0) is 12.6 Å². The van der Waals surface area contributed by atoms with Crippen LogP contribution in [0.2, 0.25) is 0 Å². The van der Waals surface area contributed by atoms with Gasteiger partial charge < -0.3 is 34.5 Å². The summed E-state index contributed by atoms with van der Waals surface area (Å²) in [5, 5.41) is 0. The molecule has 0 aliphatic rings. The first kappa shape index (κ1) is 17.1. The molecule has 0 aliphatic carbocycles. The Morgan fingerprint density at radius 1 is 1.47 bits per heavy atom. The van der Waals surface area contributed by atoms with Gasteiger partial charge in [0.25, 0.3) is 0 Å². The fraction of sp³-hybridized carbons (Fsp3) is 0.455. The van der Waals surface area contributed by atoms with E-state index in [4.69, 9.17) is 29.6 Å². The maximum absolute atomic E-state index is 5.46. The Kier molecular flexibility index (Phi) is 9.08. The van der Waals surface area contributed by atoms with Crippen LogP contribution in [0.3, 0.4) is 0 Å². The van der Waals surface area contributed by atoms with Crippen molar-refractivity contribution in [2.75, 3.05) is 18.1 Å². The number of thiocarbonyl (C=S) groups is 1. The summed E-state index contributed by atoms with van der Waals surface area (Å²) >= 11 is 9.98. The smallest absolute Gasteiger partial charge is 0.478 e. The summed E-state index contributed by atoms with van der Waals surface area (Å²) in [4.78, 5) is 6.15. The number of nitrogens with zero attached hydrogens (tertiary/aromatic N) is 2. The molecule has 0 saturated carbocycles. The van der Waals surface area contributed by atoms with Gasteiger partial charge in [0.1, 0.15) is 5.82 Å². The average Bonchev–Trinajstić information content (AvgIpc) is 2.27. The number of hydrogen-bond donors (Lipinski definition) is 0. The SMILES string of the molecule is CCCOc1cccc(N(CC)C(=S)[S-])n1.[Na+]. The zero-order valence-corrected chi connectivity index (χ0v) is 14.1. The standard InChI is InChI=1S/C11H16N2OS2.Na/c1-3-8-14-10-7-5-6-9(12-10)13(4-2)11(15)16;/h5-7H,3-4,8H2,1-2H3,(H,15,16);/q;+1/p-1. The fourth-order valence-electron chi connectivity index (χ4n) is 1.23. The molecule has 3 nitrogen and oxygen atoms in total. The molecule has 6 heteroatoms. The zero-order valence-electron chi connectivity index (χ0n) is 10.5. The van der Waals surface area contributed by atoms with Crippen molar-refractivity contribution >= 4 is 35.0 Å². The molecular formula is C11H15N2NaOS2. The Hall–Kier alpha value is 0.0600. The van der Waals surface area contributed by atoms with E-state index in [1.54, 1.807) is 4.90 Å². The second kappa shape index (κ2) is 9.05. The van der Waals surface area contributed by atoms with Crippen molar-refractivity contribution in [3.05, 3.63) is 18.2 Å². The summed E-state index contributed by atoms with van der Waals surface area (Å²) in [6, 6.07) is 5.60. The number of rotatable bonds is 5. The molecule has 88 valence electrons. The van der Waals surface area contributed by atoms with Crippen molar-refractivity contribution < 1.29 is 34.3 Å². The molecule has 0 unspecified atom stereocenters. The van der Waals surface area contributed by atoms with Crippen LogP contribution in [-0.4, -0.2) is 22.5 Å². The van der Waals surface area contributed by atoms with Gasteiger partial charge in [0.2, 0.25) is 5.88 Å². The minimum Gasteiger partial charge on any atom is -0.478 e. The van der Waals surface area contributed by atoms with Crippen LogP contribution in [0, 0.1) is 0 Å². The molecule has 0 saturated heterocycles. The van der Waals surface area contributed by atoms with Crippen LogP contribution in [0.1, 0.15) is 20.3 Å². The summed E-state index contributed by atoms with van der Waals surface area (Å²) < 4.78 is 5.86. The summed E-state index contributed by atoms with van der Waals surface area (Å²) in [7, 11) is 0. The minimum absolute atomic E-state index is 0. The largest absolute Gasteiger partial charge is 1.00 e. The predicted molar refractivity (Wildman–Crippen MR) is 73.0 cm³/mol. The molecule has 0 atom stereocenters. The Morgan fingerprint density at radius 3 is 2.71 bits per heavy atom. The van der Waals surface area contributed by atoms with E-state index in [-0.39, 0.29) is 29.6 Å². The predicted octanol–water partition coefficient (Wildman–Crippen LogP) is -0.467. The second-order valence-corrected chi connectivity index (χ2v) is 4.22. The first-order chi connectivity index (χ1) is 7.69. The Bertz CT molecular complexity index is 363. The molecule has 0 bridgehead atoms. The maximum atomic E-state index is 5.46. The molecular weight excluding hydrogens is 263 g/mol. The van der Waals surface area contributed by atoms with Crippen LogP contribution in [0.25, 0.3) is 0 Å². The van der Waals surface area contributed by atoms with Gasteiger partial charge in [0, 0.05) is 12.6 Å². The van der Waals surface area contributed by atoms with E-state index >= 15 is 0 Å². The molecule has 0 aliphatic heterocycles. The van der Waals surface area contributed by atoms with Crippen LogP contribution in [0.5, 0.6) is 5.88 Å². The van der Waals surface area contributed by atoms with Gasteiger partial charge in [0.05, 0.1) is 6.61 Å². The van der Waals surface area contributed by atoms with Gasteiger partial charge in [0.15, 0.2) is 0 Å². The molecule has 0 spiro atoms. The average molecular weight is 278 g/mol. The van der Waals surface area contributed by atoms with Crippen molar-refractivity contribution in [3.8, 4) is 5.88 Å². The van der Waals surface area contributed by atoms with Crippen molar-refractivity contribution in [2.45, 2.75) is 20.3 Å². The van der Waals surface area contributed by atoms with Crippen molar-refractivity contribution in [3.63, 3.8) is 0 Å². The van der Waals surface area contributed by atoms with Gasteiger partial charge in [-0.2, -0.15) is 4.98 Å². The molecule has 0 aromatic carbocycles. The molecule has 1 rings (SSSR count). The molecule has 1 heterocycles. The quantitative estimate of drug-likeness (QED) is 0.412. The van der Waals surface area contributed by atoms with Gasteiger partial charge in [-0.15, -0.1) is 0 Å². The Morgan fingerprint density at radius 2 is 2.18 bits per heavy atom. The Labute approximate surface area is 136 Å². The monoisotopic (exact) mass is 278 g/mol. The molecule has 0 radical (unpaired) electrons. The van der Waals surface area contributed by atoms with Gasteiger partial charge in [-0.1, -0.05) is 17.3 Å². The molecule has 0 amide bonds. The number of hydrogen-bond acceptors (Lipinski definition) is 4. The van der Waals surface area contributed by atoms with E-state index in [1.807, 2.05) is 25.1 Å². The molecule has 1 aromatic heterocycles. The minimum atomic E-state index is 0. The van der Waals surface area contributed by atoms with Crippen LogP contribution in [0.15, 0.2) is 18.2 Å². The zero-order chi connectivity index (χ0) is 12.0. The fourth-order valence-corrected chi connectivity index (χ4v) is 1.67. The van der Waals surface area contributed by atoms with Gasteiger partial charge in [-0.25, -0.2) is 0 Å². The molecule has 17 heavy (non-hydrogen) atoms. The second-order valence-electron chi connectivity index (χ2n) is 3.19. The third-order valence-electron chi connectivity index (χ3n) is 1.98. The topological polar surface area (TPSA) is 25.4 Å². The Balaban J connectivity index is 0.00000256. The van der Waals surface area contributed by atoms with Crippen molar-refractivity contribution in [1.29, 1.82) is 0 Å². The number of pyridine rings is 1. The number of ether oxygens (including phenoxy) is 1. The van der Waals surface area contributed by atoms with Gasteiger partial charge in [-0.05, 0) is 19.4 Å². The number of aromatic nitrogens is 1. The molecule has 0 N–H and O–H groups in total. The first-order valence-electron chi connectivity index (χ1n) is 5.27. The van der Waals surface area contributed by atoms with E-state index in [2.05, 4.69) is 11.9 Å². The van der Waals surface area contributed by atoms with Crippen LogP contribution >= 0.6 is 12.2 Å². The van der Waals surface area contributed by atoms with Crippen molar-refractivity contribution in [1.82, 2.24) is 4.98 Å². The first-order valence-corrected chi connectivity index (χ1v) is 6.09. The van der Waals surface area contributed by atoms with Crippen molar-refractivity contribution in [2.24, 2.45) is 0 Å². The van der Waals surface area contributed by atoms with E-state index in [0.717, 1.165) is 12.2 Å². The normalized spacial score (nSPS) is 9.29. The summed E-state index contributed by atoms with van der Waals surface area (Å²) in [5.74, 6) is 1.36. The van der Waals surface area contributed by atoms with E-state index in [0.29, 0.717) is 23.4 Å².